The molecule has 0 aromatic heterocycles. The zero-order valence-electron chi connectivity index (χ0n) is 25.2. The minimum absolute atomic E-state index is 0.157. The van der Waals surface area contributed by atoms with E-state index in [1.54, 1.807) is 48.5 Å². The van der Waals surface area contributed by atoms with Gasteiger partial charge in [0.05, 0.1) is 32.0 Å². The topological polar surface area (TPSA) is 71.1 Å². The smallest absolute Gasteiger partial charge is 0.417 e. The van der Waals surface area contributed by atoms with Gasteiger partial charge in [-0.05, 0) is 92.4 Å². The number of ether oxygens (including phenoxy) is 4. The van der Waals surface area contributed by atoms with Crippen LogP contribution in [0.3, 0.4) is 0 Å². The normalized spacial score (nSPS) is 10.3. The number of esters is 2. The second kappa shape index (κ2) is 18.4. The van der Waals surface area contributed by atoms with Crippen LogP contribution in [0.4, 0.5) is 13.2 Å². The molecule has 0 unspecified atom stereocenters. The van der Waals surface area contributed by atoms with E-state index in [0.717, 1.165) is 18.2 Å². The molecule has 3 aromatic rings. The molecule has 3 rings (SSSR count). The molecular formula is C37H33F3O6. The zero-order chi connectivity index (χ0) is 33.2. The lowest BCUT2D eigenvalue weighted by molar-refractivity contribution is -0.138. The second-order valence-electron chi connectivity index (χ2n) is 9.66. The van der Waals surface area contributed by atoms with Crippen molar-refractivity contribution >= 4 is 11.9 Å². The summed E-state index contributed by atoms with van der Waals surface area (Å²) in [5, 5.41) is 0. The van der Waals surface area contributed by atoms with E-state index in [1.165, 1.54) is 12.1 Å². The summed E-state index contributed by atoms with van der Waals surface area (Å²) in [5.41, 5.74) is 0.324. The van der Waals surface area contributed by atoms with Crippen LogP contribution in [0.2, 0.25) is 0 Å². The average molecular weight is 631 g/mol. The van der Waals surface area contributed by atoms with Crippen LogP contribution < -0.4 is 9.47 Å². The lowest BCUT2D eigenvalue weighted by Crippen LogP contribution is -2.08. The van der Waals surface area contributed by atoms with Crippen molar-refractivity contribution in [2.45, 2.75) is 31.9 Å². The highest BCUT2D eigenvalue weighted by Crippen LogP contribution is 2.32. The van der Waals surface area contributed by atoms with Crippen LogP contribution in [0.25, 0.3) is 0 Å². The number of carbonyl (C=O) groups excluding carboxylic acids is 2. The Morgan fingerprint density at radius 1 is 0.609 bits per heavy atom. The summed E-state index contributed by atoms with van der Waals surface area (Å²) < 4.78 is 62.8. The molecule has 0 bridgehead atoms. The van der Waals surface area contributed by atoms with E-state index in [-0.39, 0.29) is 24.3 Å². The Hall–Kier alpha value is -5.41. The maximum atomic E-state index is 13.9. The van der Waals surface area contributed by atoms with Gasteiger partial charge in [0.2, 0.25) is 0 Å². The number of halogens is 3. The third kappa shape index (κ3) is 12.7. The Labute approximate surface area is 266 Å². The maximum absolute atomic E-state index is 13.9. The van der Waals surface area contributed by atoms with Gasteiger partial charge >= 0.3 is 18.1 Å². The molecule has 0 aliphatic carbocycles. The van der Waals surface area contributed by atoms with Crippen LogP contribution in [-0.4, -0.2) is 38.4 Å². The van der Waals surface area contributed by atoms with Gasteiger partial charge in [-0.2, -0.15) is 13.2 Å². The summed E-state index contributed by atoms with van der Waals surface area (Å²) in [4.78, 5) is 22.0. The first-order valence-electron chi connectivity index (χ1n) is 14.5. The molecule has 0 aliphatic heterocycles. The summed E-state index contributed by atoms with van der Waals surface area (Å²) in [6.45, 7) is 8.08. The summed E-state index contributed by atoms with van der Waals surface area (Å²) in [5.74, 6) is 11.4. The van der Waals surface area contributed by atoms with E-state index < -0.39 is 23.7 Å². The van der Waals surface area contributed by atoms with Gasteiger partial charge in [-0.3, -0.25) is 0 Å². The summed E-state index contributed by atoms with van der Waals surface area (Å²) in [7, 11) is 0. The fourth-order valence-corrected chi connectivity index (χ4v) is 3.77. The molecule has 3 aromatic carbocycles. The highest BCUT2D eigenvalue weighted by atomic mass is 19.4. The maximum Gasteiger partial charge on any atom is 0.417 e. The van der Waals surface area contributed by atoms with Crippen molar-refractivity contribution in [2.24, 2.45) is 0 Å². The van der Waals surface area contributed by atoms with Crippen molar-refractivity contribution in [1.82, 2.24) is 0 Å². The lowest BCUT2D eigenvalue weighted by atomic mass is 10.0. The number of hydrogen-bond donors (Lipinski definition) is 0. The highest BCUT2D eigenvalue weighted by Gasteiger charge is 2.33. The van der Waals surface area contributed by atoms with E-state index in [2.05, 4.69) is 36.8 Å². The van der Waals surface area contributed by atoms with Crippen molar-refractivity contribution in [3.8, 4) is 35.2 Å². The molecule has 0 amide bonds. The van der Waals surface area contributed by atoms with Crippen LogP contribution >= 0.6 is 0 Å². The van der Waals surface area contributed by atoms with Gasteiger partial charge in [-0.15, -0.1) is 0 Å². The number of benzene rings is 3. The fourth-order valence-electron chi connectivity index (χ4n) is 3.77. The highest BCUT2D eigenvalue weighted by molar-refractivity contribution is 5.81. The molecule has 0 heterocycles. The first-order valence-corrected chi connectivity index (χ1v) is 14.5. The van der Waals surface area contributed by atoms with Crippen molar-refractivity contribution in [1.29, 1.82) is 0 Å². The molecule has 0 saturated carbocycles. The lowest BCUT2D eigenvalue weighted by Gasteiger charge is -2.09. The van der Waals surface area contributed by atoms with E-state index >= 15 is 0 Å². The molecule has 6 nitrogen and oxygen atoms in total. The first-order chi connectivity index (χ1) is 22.2. The van der Waals surface area contributed by atoms with Crippen LogP contribution in [0.15, 0.2) is 92.0 Å². The molecule has 238 valence electrons. The van der Waals surface area contributed by atoms with Gasteiger partial charge in [0.15, 0.2) is 0 Å². The molecular weight excluding hydrogens is 597 g/mol. The van der Waals surface area contributed by atoms with Crippen molar-refractivity contribution < 1.29 is 41.7 Å². The van der Waals surface area contributed by atoms with Crippen LogP contribution in [0.5, 0.6) is 11.5 Å². The standard InChI is InChI=1S/C37H33F3O6/c1-3-35(41)45-25-7-5-23-43-32-19-13-28(14-20-32)9-10-30-12-18-31(34(27-30)37(38,39)40)17-11-29-15-21-33(22-16-29)44-24-6-8-26-46-36(42)4-2/h3-4,12-16,18-22,27H,1-2,5-8,23-26H2. The van der Waals surface area contributed by atoms with E-state index in [0.29, 0.717) is 61.5 Å². The van der Waals surface area contributed by atoms with Crippen LogP contribution in [-0.2, 0) is 25.2 Å². The number of carbonyl (C=O) groups is 2. The summed E-state index contributed by atoms with van der Waals surface area (Å²) in [6.07, 6.45) is 0.256. The monoisotopic (exact) mass is 630 g/mol. The third-order valence-electron chi connectivity index (χ3n) is 6.16. The summed E-state index contributed by atoms with van der Waals surface area (Å²) in [6, 6.07) is 17.4. The largest absolute Gasteiger partial charge is 0.494 e. The van der Waals surface area contributed by atoms with Crippen molar-refractivity contribution in [3.05, 3.63) is 120 Å². The predicted octanol–water partition coefficient (Wildman–Crippen LogP) is 7.28. The molecule has 0 aliphatic rings. The third-order valence-corrected chi connectivity index (χ3v) is 6.16. The Morgan fingerprint density at radius 3 is 1.48 bits per heavy atom. The van der Waals surface area contributed by atoms with Gasteiger partial charge in [-0.25, -0.2) is 9.59 Å². The Bertz CT molecular complexity index is 1600. The molecule has 0 saturated heterocycles. The number of alkyl halides is 3. The van der Waals surface area contributed by atoms with E-state index in [4.69, 9.17) is 18.9 Å². The number of rotatable bonds is 14. The van der Waals surface area contributed by atoms with Crippen LogP contribution in [0, 0.1) is 23.7 Å². The van der Waals surface area contributed by atoms with E-state index in [9.17, 15) is 22.8 Å². The molecule has 0 N–H and O–H groups in total. The fraction of sp³-hybridized carbons (Fsp3) is 0.243. The SMILES string of the molecule is C=CC(=O)OCCCCOc1ccc(C#Cc2ccc(C#Cc3ccc(OCCCCOC(=O)C=C)cc3)c(C(F)(F)F)c2)cc1. The quantitative estimate of drug-likeness (QED) is 0.0807. The Kier molecular flexibility index (Phi) is 14.0. The van der Waals surface area contributed by atoms with Gasteiger partial charge in [-0.1, -0.05) is 36.8 Å². The van der Waals surface area contributed by atoms with Gasteiger partial charge in [0.1, 0.15) is 11.5 Å². The Morgan fingerprint density at radius 2 is 1.02 bits per heavy atom. The minimum Gasteiger partial charge on any atom is -0.494 e. The molecule has 0 radical (unpaired) electrons. The number of unbranched alkanes of at least 4 members (excludes halogenated alkanes) is 2. The van der Waals surface area contributed by atoms with Gasteiger partial charge in [0.25, 0.3) is 0 Å². The molecule has 9 heteroatoms. The summed E-state index contributed by atoms with van der Waals surface area (Å²) >= 11 is 0. The number of hydrogen-bond acceptors (Lipinski definition) is 6. The average Bonchev–Trinajstić information content (AvgIpc) is 3.06. The first kappa shape index (κ1) is 35.1. The van der Waals surface area contributed by atoms with Gasteiger partial charge < -0.3 is 18.9 Å². The van der Waals surface area contributed by atoms with E-state index in [1.807, 2.05) is 0 Å². The molecule has 0 spiro atoms. The van der Waals surface area contributed by atoms with Crippen molar-refractivity contribution in [2.75, 3.05) is 26.4 Å². The molecule has 46 heavy (non-hydrogen) atoms. The van der Waals surface area contributed by atoms with Gasteiger partial charge in [0, 0.05) is 34.4 Å². The minimum atomic E-state index is -4.62. The Balaban J connectivity index is 1.55. The zero-order valence-corrected chi connectivity index (χ0v) is 25.2. The second-order valence-corrected chi connectivity index (χ2v) is 9.66. The van der Waals surface area contributed by atoms with Crippen LogP contribution in [0.1, 0.15) is 53.5 Å². The molecule has 0 fully saturated rings. The predicted molar refractivity (Wildman–Crippen MR) is 168 cm³/mol. The van der Waals surface area contributed by atoms with Crippen molar-refractivity contribution in [3.63, 3.8) is 0 Å². The molecule has 0 atom stereocenters.